The molecule has 1 N–H and O–H groups in total. The first-order valence-electron chi connectivity index (χ1n) is 9.05. The average Bonchev–Trinajstić information content (AvgIpc) is 3.01. The number of fused-ring (bicyclic) bond motifs is 2. The van der Waals surface area contributed by atoms with Gasteiger partial charge in [-0.2, -0.15) is 5.10 Å². The summed E-state index contributed by atoms with van der Waals surface area (Å²) in [5, 5.41) is 19.4. The van der Waals surface area contributed by atoms with E-state index in [1.54, 1.807) is 16.9 Å². The van der Waals surface area contributed by atoms with Crippen LogP contribution in [0.15, 0.2) is 22.9 Å². The van der Waals surface area contributed by atoms with Crippen LogP contribution in [-0.4, -0.2) is 42.9 Å². The summed E-state index contributed by atoms with van der Waals surface area (Å²) in [6.45, 7) is 0. The highest BCUT2D eigenvalue weighted by Gasteiger charge is 2.51. The zero-order chi connectivity index (χ0) is 17.2. The number of hydrogen-bond donors (Lipinski definition) is 1. The maximum Gasteiger partial charge on any atom is 0.276 e. The lowest BCUT2D eigenvalue weighted by molar-refractivity contribution is -0.0532. The van der Waals surface area contributed by atoms with Crippen molar-refractivity contribution in [3.05, 3.63) is 35.5 Å². The molecule has 2 atom stereocenters. The smallest absolute Gasteiger partial charge is 0.276 e. The molecular formula is C18H22N4O3. The molecule has 3 aliphatic rings. The predicted molar refractivity (Wildman–Crippen MR) is 87.8 cm³/mol. The molecule has 0 aromatic carbocycles. The van der Waals surface area contributed by atoms with Crippen molar-refractivity contribution in [2.75, 3.05) is 0 Å². The Balaban J connectivity index is 1.40. The Bertz CT molecular complexity index is 808. The van der Waals surface area contributed by atoms with Gasteiger partial charge < -0.3 is 14.5 Å². The van der Waals surface area contributed by atoms with Crippen LogP contribution in [0.1, 0.15) is 66.4 Å². The Morgan fingerprint density at radius 3 is 2.60 bits per heavy atom. The van der Waals surface area contributed by atoms with E-state index in [4.69, 9.17) is 4.52 Å². The van der Waals surface area contributed by atoms with Crippen LogP contribution in [-0.2, 0) is 12.6 Å². The first kappa shape index (κ1) is 15.1. The van der Waals surface area contributed by atoms with Crippen molar-refractivity contribution in [3.8, 4) is 0 Å². The van der Waals surface area contributed by atoms with Gasteiger partial charge in [-0.15, -0.1) is 0 Å². The van der Waals surface area contributed by atoms with Crippen molar-refractivity contribution in [1.82, 2.24) is 19.8 Å². The lowest BCUT2D eigenvalue weighted by Gasteiger charge is -2.43. The fraction of sp³-hybridized carbons (Fsp3) is 0.611. The van der Waals surface area contributed by atoms with Crippen molar-refractivity contribution in [2.45, 2.75) is 62.1 Å². The average molecular weight is 342 g/mol. The number of carbonyl (C=O) groups is 1. The van der Waals surface area contributed by atoms with Gasteiger partial charge in [-0.3, -0.25) is 9.48 Å². The monoisotopic (exact) mass is 342 g/mol. The Kier molecular flexibility index (Phi) is 3.13. The highest BCUT2D eigenvalue weighted by molar-refractivity contribution is 5.93. The number of nitrogens with zero attached hydrogens (tertiary/aromatic N) is 4. The fourth-order valence-corrected chi connectivity index (χ4v) is 4.68. The molecule has 2 aromatic heterocycles. The van der Waals surface area contributed by atoms with E-state index in [1.807, 2.05) is 18.0 Å². The number of aliphatic hydroxyl groups is 1. The van der Waals surface area contributed by atoms with E-state index in [2.05, 4.69) is 10.3 Å². The van der Waals surface area contributed by atoms with Gasteiger partial charge in [0.05, 0.1) is 5.69 Å². The summed E-state index contributed by atoms with van der Waals surface area (Å²) in [5.74, 6) is 1.22. The quantitative estimate of drug-likeness (QED) is 0.921. The van der Waals surface area contributed by atoms with Gasteiger partial charge in [0.25, 0.3) is 5.91 Å². The summed E-state index contributed by atoms with van der Waals surface area (Å²) in [4.78, 5) is 14.9. The second-order valence-corrected chi connectivity index (χ2v) is 7.77. The summed E-state index contributed by atoms with van der Waals surface area (Å²) in [6.07, 6.45) is 6.88. The molecule has 2 saturated heterocycles. The van der Waals surface area contributed by atoms with Crippen molar-refractivity contribution >= 4 is 5.91 Å². The Hall–Kier alpha value is -2.15. The molecule has 1 saturated carbocycles. The van der Waals surface area contributed by atoms with E-state index in [0.29, 0.717) is 24.5 Å². The lowest BCUT2D eigenvalue weighted by Crippen LogP contribution is -2.52. The maximum absolute atomic E-state index is 13.0. The Labute approximate surface area is 145 Å². The molecular weight excluding hydrogens is 320 g/mol. The highest BCUT2D eigenvalue weighted by Crippen LogP contribution is 2.46. The van der Waals surface area contributed by atoms with Gasteiger partial charge in [0.2, 0.25) is 0 Å². The third kappa shape index (κ3) is 2.33. The van der Waals surface area contributed by atoms with Gasteiger partial charge in [0.1, 0.15) is 11.4 Å². The lowest BCUT2D eigenvalue weighted by atomic mass is 9.83. The van der Waals surface area contributed by atoms with Crippen LogP contribution in [0.4, 0.5) is 0 Å². The molecule has 4 heterocycles. The third-order valence-electron chi connectivity index (χ3n) is 6.03. The number of carbonyl (C=O) groups excluding carboxylic acids is 1. The topological polar surface area (TPSA) is 84.4 Å². The van der Waals surface area contributed by atoms with E-state index in [1.165, 1.54) is 0 Å². The summed E-state index contributed by atoms with van der Waals surface area (Å²) in [6, 6.07) is 3.75. The SMILES string of the molecule is Cn1nccc1C1(O)CC2CCC(C1)N2C(=O)c1cc(C2CC2)on1. The van der Waals surface area contributed by atoms with E-state index >= 15 is 0 Å². The number of aromatic nitrogens is 3. The number of hydrogen-bond acceptors (Lipinski definition) is 5. The number of aryl methyl sites for hydroxylation is 1. The van der Waals surface area contributed by atoms with E-state index in [9.17, 15) is 9.90 Å². The molecule has 5 rings (SSSR count). The molecule has 1 aliphatic carbocycles. The largest absolute Gasteiger partial charge is 0.383 e. The van der Waals surface area contributed by atoms with Crippen molar-refractivity contribution in [1.29, 1.82) is 0 Å². The number of rotatable bonds is 3. The third-order valence-corrected chi connectivity index (χ3v) is 6.03. The predicted octanol–water partition coefficient (Wildman–Crippen LogP) is 1.94. The maximum atomic E-state index is 13.0. The van der Waals surface area contributed by atoms with E-state index in [0.717, 1.165) is 37.1 Å². The van der Waals surface area contributed by atoms with Crippen LogP contribution in [0.2, 0.25) is 0 Å². The van der Waals surface area contributed by atoms with Crippen LogP contribution >= 0.6 is 0 Å². The molecule has 25 heavy (non-hydrogen) atoms. The van der Waals surface area contributed by atoms with Gasteiger partial charge in [0, 0.05) is 50.2 Å². The zero-order valence-electron chi connectivity index (χ0n) is 14.3. The second kappa shape index (κ2) is 5.17. The molecule has 2 unspecified atom stereocenters. The number of amides is 1. The van der Waals surface area contributed by atoms with E-state index in [-0.39, 0.29) is 18.0 Å². The standard InChI is InChI=1S/C18H22N4O3/c1-21-16(6-7-19-21)18(24)9-12-4-5-13(10-18)22(12)17(23)14-8-15(25-20-14)11-2-3-11/h6-8,11-13,24H,2-5,9-10H2,1H3. The molecule has 3 fully saturated rings. The molecule has 0 spiro atoms. The minimum absolute atomic E-state index is 0.0345. The molecule has 7 heteroatoms. The van der Waals surface area contributed by atoms with Crippen molar-refractivity contribution in [2.24, 2.45) is 7.05 Å². The molecule has 2 aromatic rings. The summed E-state index contributed by atoms with van der Waals surface area (Å²) < 4.78 is 7.08. The normalized spacial score (nSPS) is 31.5. The van der Waals surface area contributed by atoms with Crippen LogP contribution in [0, 0.1) is 0 Å². The summed E-state index contributed by atoms with van der Waals surface area (Å²) >= 11 is 0. The second-order valence-electron chi connectivity index (χ2n) is 7.77. The zero-order valence-corrected chi connectivity index (χ0v) is 14.3. The van der Waals surface area contributed by atoms with Gasteiger partial charge >= 0.3 is 0 Å². The van der Waals surface area contributed by atoms with E-state index < -0.39 is 5.60 Å². The first-order chi connectivity index (χ1) is 12.0. The van der Waals surface area contributed by atoms with Crippen LogP contribution in [0.5, 0.6) is 0 Å². The van der Waals surface area contributed by atoms with Gasteiger partial charge in [0.15, 0.2) is 5.69 Å². The van der Waals surface area contributed by atoms with Crippen molar-refractivity contribution < 1.29 is 14.4 Å². The Morgan fingerprint density at radius 2 is 2.00 bits per heavy atom. The molecule has 132 valence electrons. The van der Waals surface area contributed by atoms with Crippen molar-refractivity contribution in [3.63, 3.8) is 0 Å². The van der Waals surface area contributed by atoms with Gasteiger partial charge in [-0.1, -0.05) is 5.16 Å². The summed E-state index contributed by atoms with van der Waals surface area (Å²) in [7, 11) is 1.85. The van der Waals surface area contributed by atoms with Crippen LogP contribution in [0.25, 0.3) is 0 Å². The highest BCUT2D eigenvalue weighted by atomic mass is 16.5. The molecule has 2 aliphatic heterocycles. The van der Waals surface area contributed by atoms with Crippen LogP contribution in [0.3, 0.4) is 0 Å². The van der Waals surface area contributed by atoms with Gasteiger partial charge in [-0.05, 0) is 31.7 Å². The first-order valence-corrected chi connectivity index (χ1v) is 9.05. The molecule has 1 amide bonds. The van der Waals surface area contributed by atoms with Gasteiger partial charge in [-0.25, -0.2) is 0 Å². The minimum atomic E-state index is -0.920. The molecule has 0 radical (unpaired) electrons. The molecule has 7 nitrogen and oxygen atoms in total. The summed E-state index contributed by atoms with van der Waals surface area (Å²) in [5.41, 5.74) is 0.315. The minimum Gasteiger partial charge on any atom is -0.383 e. The fourth-order valence-electron chi connectivity index (χ4n) is 4.68. The Morgan fingerprint density at radius 1 is 1.28 bits per heavy atom. The number of piperidine rings is 1. The van der Waals surface area contributed by atoms with Crippen LogP contribution < -0.4 is 0 Å². The molecule has 2 bridgehead atoms.